The van der Waals surface area contributed by atoms with Crippen LogP contribution in [0.1, 0.15) is 17.2 Å². The van der Waals surface area contributed by atoms with Gasteiger partial charge in [0.1, 0.15) is 12.4 Å². The monoisotopic (exact) mass is 349 g/mol. The lowest BCUT2D eigenvalue weighted by atomic mass is 10.1. The molecule has 1 aliphatic heterocycles. The second-order valence-corrected chi connectivity index (χ2v) is 6.30. The van der Waals surface area contributed by atoms with Crippen molar-refractivity contribution in [2.75, 3.05) is 19.7 Å². The molecule has 0 aliphatic carbocycles. The molecule has 3 rings (SSSR count). The number of aliphatic hydroxyl groups excluding tert-OH is 1. The number of hydrogen-bond acceptors (Lipinski definition) is 3. The maximum atomic E-state index is 10.1. The molecule has 1 aliphatic rings. The van der Waals surface area contributed by atoms with E-state index >= 15 is 0 Å². The first-order chi connectivity index (χ1) is 11.1. The van der Waals surface area contributed by atoms with E-state index in [9.17, 15) is 5.11 Å². The first-order valence-corrected chi connectivity index (χ1v) is 8.14. The third-order valence-electron chi connectivity index (χ3n) is 3.67. The summed E-state index contributed by atoms with van der Waals surface area (Å²) in [4.78, 5) is 0. The van der Waals surface area contributed by atoms with Crippen molar-refractivity contribution in [1.82, 2.24) is 5.32 Å². The van der Waals surface area contributed by atoms with Crippen molar-refractivity contribution < 1.29 is 9.84 Å². The molecule has 1 heterocycles. The fourth-order valence-corrected chi connectivity index (χ4v) is 3.09. The van der Waals surface area contributed by atoms with Crippen LogP contribution >= 0.6 is 23.2 Å². The van der Waals surface area contributed by atoms with Gasteiger partial charge in [-0.15, -0.1) is 0 Å². The summed E-state index contributed by atoms with van der Waals surface area (Å²) >= 11 is 12.1. The lowest BCUT2D eigenvalue weighted by molar-refractivity contribution is 0.175. The minimum absolute atomic E-state index is 0.475. The second kappa shape index (κ2) is 7.37. The minimum atomic E-state index is -0.530. The molecule has 0 saturated heterocycles. The van der Waals surface area contributed by atoms with Crippen LogP contribution in [0.25, 0.3) is 6.08 Å². The first kappa shape index (κ1) is 16.3. The molecular weight excluding hydrogens is 333 g/mol. The number of fused-ring (bicyclic) bond motifs is 1. The van der Waals surface area contributed by atoms with Crippen molar-refractivity contribution in [3.05, 3.63) is 69.2 Å². The van der Waals surface area contributed by atoms with Gasteiger partial charge in [-0.1, -0.05) is 53.5 Å². The quantitative estimate of drug-likeness (QED) is 0.853. The number of ether oxygens (including phenoxy) is 1. The van der Waals surface area contributed by atoms with E-state index in [0.717, 1.165) is 16.7 Å². The Labute approximate surface area is 145 Å². The molecule has 2 aromatic carbocycles. The van der Waals surface area contributed by atoms with E-state index in [-0.39, 0.29) is 0 Å². The number of nitrogens with one attached hydrogen (secondary N) is 1. The zero-order valence-electron chi connectivity index (χ0n) is 12.4. The Balaban J connectivity index is 1.60. The lowest BCUT2D eigenvalue weighted by Crippen LogP contribution is -2.26. The zero-order chi connectivity index (χ0) is 16.2. The number of benzene rings is 2. The Kier molecular flexibility index (Phi) is 5.23. The van der Waals surface area contributed by atoms with Gasteiger partial charge in [0, 0.05) is 23.7 Å². The zero-order valence-corrected chi connectivity index (χ0v) is 13.9. The second-order valence-electron chi connectivity index (χ2n) is 5.45. The molecule has 0 bridgehead atoms. The minimum Gasteiger partial charge on any atom is -0.487 e. The third kappa shape index (κ3) is 4.06. The van der Waals surface area contributed by atoms with Crippen LogP contribution in [0.4, 0.5) is 0 Å². The van der Waals surface area contributed by atoms with Crippen molar-refractivity contribution in [2.45, 2.75) is 6.10 Å². The van der Waals surface area contributed by atoms with Gasteiger partial charge in [0.2, 0.25) is 0 Å². The summed E-state index contributed by atoms with van der Waals surface area (Å²) in [6, 6.07) is 13.1. The molecule has 0 saturated carbocycles. The Morgan fingerprint density at radius 1 is 1.17 bits per heavy atom. The van der Waals surface area contributed by atoms with Gasteiger partial charge in [-0.25, -0.2) is 0 Å². The van der Waals surface area contributed by atoms with Crippen molar-refractivity contribution in [1.29, 1.82) is 0 Å². The van der Waals surface area contributed by atoms with E-state index < -0.39 is 6.10 Å². The van der Waals surface area contributed by atoms with Crippen molar-refractivity contribution in [3.63, 3.8) is 0 Å². The highest BCUT2D eigenvalue weighted by atomic mass is 35.5. The topological polar surface area (TPSA) is 41.5 Å². The van der Waals surface area contributed by atoms with Gasteiger partial charge in [0.05, 0.1) is 11.1 Å². The first-order valence-electron chi connectivity index (χ1n) is 7.38. The molecule has 0 radical (unpaired) electrons. The highest BCUT2D eigenvalue weighted by Gasteiger charge is 2.16. The largest absolute Gasteiger partial charge is 0.487 e. The molecule has 2 N–H and O–H groups in total. The lowest BCUT2D eigenvalue weighted by Gasteiger charge is -2.20. The van der Waals surface area contributed by atoms with Gasteiger partial charge >= 0.3 is 0 Å². The van der Waals surface area contributed by atoms with Crippen LogP contribution in [-0.2, 0) is 0 Å². The normalized spacial score (nSPS) is 14.7. The van der Waals surface area contributed by atoms with Gasteiger partial charge in [0.25, 0.3) is 0 Å². The van der Waals surface area contributed by atoms with E-state index in [1.54, 1.807) is 6.07 Å². The summed E-state index contributed by atoms with van der Waals surface area (Å²) in [5.41, 5.74) is 2.86. The number of halogens is 2. The molecule has 0 spiro atoms. The maximum Gasteiger partial charge on any atom is 0.145 e. The summed E-state index contributed by atoms with van der Waals surface area (Å²) in [5, 5.41) is 14.5. The molecule has 0 aromatic heterocycles. The molecule has 1 unspecified atom stereocenters. The number of hydrogen-bond donors (Lipinski definition) is 2. The maximum absolute atomic E-state index is 10.1. The van der Waals surface area contributed by atoms with Crippen molar-refractivity contribution in [2.24, 2.45) is 0 Å². The van der Waals surface area contributed by atoms with Gasteiger partial charge in [0.15, 0.2) is 0 Å². The number of rotatable bonds is 5. The summed E-state index contributed by atoms with van der Waals surface area (Å²) in [6.07, 6.45) is 1.50. The molecule has 23 heavy (non-hydrogen) atoms. The van der Waals surface area contributed by atoms with Crippen molar-refractivity contribution in [3.8, 4) is 5.75 Å². The van der Waals surface area contributed by atoms with E-state index in [1.165, 1.54) is 0 Å². The van der Waals surface area contributed by atoms with Gasteiger partial charge in [-0.3, -0.25) is 0 Å². The Morgan fingerprint density at radius 3 is 2.74 bits per heavy atom. The predicted octanol–water partition coefficient (Wildman–Crippen LogP) is 4.09. The Hall–Kier alpha value is -1.52. The van der Waals surface area contributed by atoms with Crippen LogP contribution in [0.2, 0.25) is 10.0 Å². The van der Waals surface area contributed by atoms with Gasteiger partial charge < -0.3 is 15.2 Å². The molecule has 5 heteroatoms. The van der Waals surface area contributed by atoms with E-state index in [1.807, 2.05) is 42.5 Å². The Bertz CT molecular complexity index is 716. The summed E-state index contributed by atoms with van der Waals surface area (Å²) in [5.74, 6) is 0.670. The van der Waals surface area contributed by atoms with E-state index in [2.05, 4.69) is 5.32 Å². The summed E-state index contributed by atoms with van der Waals surface area (Å²) < 4.78 is 5.70. The smallest absolute Gasteiger partial charge is 0.145 e. The molecule has 120 valence electrons. The average Bonchev–Trinajstić information content (AvgIpc) is 2.55. The molecular formula is C18H17Cl2NO2. The van der Waals surface area contributed by atoms with Crippen LogP contribution in [0, 0.1) is 0 Å². The summed E-state index contributed by atoms with van der Waals surface area (Å²) in [6.45, 7) is 1.58. The third-order valence-corrected chi connectivity index (χ3v) is 4.17. The SMILES string of the molecule is OC(CNCC1=Cc2cc(Cl)cc(Cl)c2OC1)c1ccccc1. The highest BCUT2D eigenvalue weighted by molar-refractivity contribution is 6.36. The fourth-order valence-electron chi connectivity index (χ4n) is 2.53. The molecule has 0 amide bonds. The van der Waals surface area contributed by atoms with Crippen LogP contribution < -0.4 is 10.1 Å². The predicted molar refractivity (Wildman–Crippen MR) is 94.2 cm³/mol. The van der Waals surface area contributed by atoms with Crippen LogP contribution in [-0.4, -0.2) is 24.8 Å². The van der Waals surface area contributed by atoms with Gasteiger partial charge in [-0.2, -0.15) is 0 Å². The Morgan fingerprint density at radius 2 is 1.96 bits per heavy atom. The van der Waals surface area contributed by atoms with Gasteiger partial charge in [-0.05, 0) is 29.3 Å². The molecule has 3 nitrogen and oxygen atoms in total. The van der Waals surface area contributed by atoms with Crippen LogP contribution in [0.15, 0.2) is 48.0 Å². The van der Waals surface area contributed by atoms with Crippen molar-refractivity contribution >= 4 is 29.3 Å². The summed E-state index contributed by atoms with van der Waals surface area (Å²) in [7, 11) is 0. The average molecular weight is 350 g/mol. The standard InChI is InChI=1S/C18H17Cl2NO2/c19-15-7-14-6-12(11-23-18(14)16(20)8-15)9-21-10-17(22)13-4-2-1-3-5-13/h1-8,17,21-22H,9-11H2. The van der Waals surface area contributed by atoms with Crippen LogP contribution in [0.3, 0.4) is 0 Å². The molecule has 1 atom stereocenters. The number of aliphatic hydroxyl groups is 1. The molecule has 2 aromatic rings. The van der Waals surface area contributed by atoms with Crippen LogP contribution in [0.5, 0.6) is 5.75 Å². The van der Waals surface area contributed by atoms with E-state index in [4.69, 9.17) is 27.9 Å². The highest BCUT2D eigenvalue weighted by Crippen LogP contribution is 2.36. The molecule has 0 fully saturated rings. The van der Waals surface area contributed by atoms with E-state index in [0.29, 0.717) is 35.5 Å². The fraction of sp³-hybridized carbons (Fsp3) is 0.222.